The first-order valence-corrected chi connectivity index (χ1v) is 5.88. The maximum atomic E-state index is 10.6. The van der Waals surface area contributed by atoms with Crippen LogP contribution in [0.25, 0.3) is 0 Å². The molecular weight excluding hydrogens is 226 g/mol. The van der Waals surface area contributed by atoms with Gasteiger partial charge in [0.2, 0.25) is 5.91 Å². The summed E-state index contributed by atoms with van der Waals surface area (Å²) < 4.78 is 0. The molecule has 0 saturated heterocycles. The summed E-state index contributed by atoms with van der Waals surface area (Å²) in [5, 5.41) is 13.3. The molecule has 1 amide bonds. The predicted molar refractivity (Wildman–Crippen MR) is 63.2 cm³/mol. The fourth-order valence-corrected chi connectivity index (χ4v) is 2.38. The monoisotopic (exact) mass is 243 g/mol. The minimum atomic E-state index is -1.14. The number of hydrogen-bond acceptors (Lipinski definition) is 5. The van der Waals surface area contributed by atoms with Crippen LogP contribution in [-0.4, -0.2) is 28.6 Å². The minimum Gasteiger partial charge on any atom is -0.382 e. The second-order valence-electron chi connectivity index (χ2n) is 3.73. The summed E-state index contributed by atoms with van der Waals surface area (Å²) in [7, 11) is 0. The van der Waals surface area contributed by atoms with Gasteiger partial charge in [0.05, 0.1) is 10.7 Å². The third kappa shape index (κ3) is 3.26. The lowest BCUT2D eigenvalue weighted by molar-refractivity contribution is -0.125. The highest BCUT2D eigenvalue weighted by atomic mass is 32.1. The average molecular weight is 243 g/mol. The molecule has 2 unspecified atom stereocenters. The zero-order valence-corrected chi connectivity index (χ0v) is 10.5. The molecule has 4 N–H and O–H groups in total. The van der Waals surface area contributed by atoms with Crippen molar-refractivity contribution in [1.82, 2.24) is 10.3 Å². The van der Waals surface area contributed by atoms with E-state index in [9.17, 15) is 9.90 Å². The molecule has 0 spiro atoms. The van der Waals surface area contributed by atoms with Crippen LogP contribution < -0.4 is 11.1 Å². The van der Waals surface area contributed by atoms with Gasteiger partial charge in [-0.2, -0.15) is 0 Å². The maximum absolute atomic E-state index is 10.6. The molecule has 0 aliphatic carbocycles. The fourth-order valence-electron chi connectivity index (χ4n) is 1.43. The largest absolute Gasteiger partial charge is 0.382 e. The lowest BCUT2D eigenvalue weighted by Crippen LogP contribution is -2.38. The van der Waals surface area contributed by atoms with Crippen LogP contribution in [0.2, 0.25) is 0 Å². The fraction of sp³-hybridized carbons (Fsp3) is 0.600. The SMILES string of the molecule is Cc1nc(C)c(C(C)NCC(O)C(N)=O)s1. The number of hydrogen-bond donors (Lipinski definition) is 3. The van der Waals surface area contributed by atoms with E-state index in [1.54, 1.807) is 11.3 Å². The number of carbonyl (C=O) groups is 1. The summed E-state index contributed by atoms with van der Waals surface area (Å²) in [5.41, 5.74) is 5.94. The van der Waals surface area contributed by atoms with Gasteiger partial charge >= 0.3 is 0 Å². The van der Waals surface area contributed by atoms with Crippen molar-refractivity contribution in [3.05, 3.63) is 15.6 Å². The summed E-state index contributed by atoms with van der Waals surface area (Å²) >= 11 is 1.61. The van der Waals surface area contributed by atoms with Crippen LogP contribution in [0.1, 0.15) is 28.5 Å². The quantitative estimate of drug-likeness (QED) is 0.692. The van der Waals surface area contributed by atoms with Gasteiger partial charge in [-0.3, -0.25) is 4.79 Å². The Bertz CT molecular complexity index is 378. The van der Waals surface area contributed by atoms with Gasteiger partial charge in [0.15, 0.2) is 0 Å². The number of nitrogens with zero attached hydrogens (tertiary/aromatic N) is 1. The van der Waals surface area contributed by atoms with E-state index < -0.39 is 12.0 Å². The molecule has 2 atom stereocenters. The molecule has 16 heavy (non-hydrogen) atoms. The van der Waals surface area contributed by atoms with Crippen molar-refractivity contribution in [2.45, 2.75) is 32.9 Å². The summed E-state index contributed by atoms with van der Waals surface area (Å²) in [6, 6.07) is 0.0557. The number of nitrogens with two attached hydrogens (primary N) is 1. The number of aromatic nitrogens is 1. The van der Waals surface area contributed by atoms with E-state index in [4.69, 9.17) is 5.73 Å². The van der Waals surface area contributed by atoms with Crippen LogP contribution >= 0.6 is 11.3 Å². The van der Waals surface area contributed by atoms with E-state index >= 15 is 0 Å². The molecule has 0 aliphatic rings. The molecule has 0 radical (unpaired) electrons. The van der Waals surface area contributed by atoms with Crippen LogP contribution in [0.3, 0.4) is 0 Å². The Morgan fingerprint density at radius 1 is 1.62 bits per heavy atom. The van der Waals surface area contributed by atoms with Gasteiger partial charge in [0.25, 0.3) is 0 Å². The smallest absolute Gasteiger partial charge is 0.247 e. The van der Waals surface area contributed by atoms with Gasteiger partial charge < -0.3 is 16.2 Å². The number of carbonyl (C=O) groups excluding carboxylic acids is 1. The summed E-state index contributed by atoms with van der Waals surface area (Å²) in [5.74, 6) is -0.711. The molecule has 0 aromatic carbocycles. The maximum Gasteiger partial charge on any atom is 0.247 e. The molecule has 1 aromatic rings. The van der Waals surface area contributed by atoms with Gasteiger partial charge in [-0.05, 0) is 20.8 Å². The molecule has 0 aliphatic heterocycles. The van der Waals surface area contributed by atoms with Crippen molar-refractivity contribution < 1.29 is 9.90 Å². The third-order valence-electron chi connectivity index (χ3n) is 2.28. The first-order valence-electron chi connectivity index (χ1n) is 5.06. The number of aliphatic hydroxyl groups is 1. The van der Waals surface area contributed by atoms with Gasteiger partial charge in [-0.15, -0.1) is 11.3 Å². The predicted octanol–water partition coefficient (Wildman–Crippen LogP) is 0.257. The Morgan fingerprint density at radius 3 is 2.69 bits per heavy atom. The second kappa shape index (κ2) is 5.38. The Balaban J connectivity index is 2.56. The van der Waals surface area contributed by atoms with E-state index in [1.807, 2.05) is 20.8 Å². The zero-order valence-electron chi connectivity index (χ0n) is 9.65. The van der Waals surface area contributed by atoms with Gasteiger partial charge in [-0.25, -0.2) is 4.98 Å². The summed E-state index contributed by atoms with van der Waals surface area (Å²) in [6.45, 7) is 6.02. The van der Waals surface area contributed by atoms with E-state index in [0.29, 0.717) is 0 Å². The molecule has 1 heterocycles. The van der Waals surface area contributed by atoms with Crippen LogP contribution in [0.5, 0.6) is 0 Å². The highest BCUT2D eigenvalue weighted by molar-refractivity contribution is 7.11. The zero-order chi connectivity index (χ0) is 12.3. The Hall–Kier alpha value is -0.980. The van der Waals surface area contributed by atoms with Crippen LogP contribution in [0.15, 0.2) is 0 Å². The molecular formula is C10H17N3O2S. The Labute approximate surface area is 98.7 Å². The van der Waals surface area contributed by atoms with Crippen molar-refractivity contribution in [3.8, 4) is 0 Å². The van der Waals surface area contributed by atoms with Crippen molar-refractivity contribution in [1.29, 1.82) is 0 Å². The summed E-state index contributed by atoms with van der Waals surface area (Å²) in [6.07, 6.45) is -1.14. The van der Waals surface area contributed by atoms with Crippen molar-refractivity contribution in [2.75, 3.05) is 6.54 Å². The highest BCUT2D eigenvalue weighted by Crippen LogP contribution is 2.24. The number of rotatable bonds is 5. The van der Waals surface area contributed by atoms with E-state index in [0.717, 1.165) is 15.6 Å². The lowest BCUT2D eigenvalue weighted by Gasteiger charge is -2.14. The number of primary amides is 1. The minimum absolute atomic E-state index is 0.0557. The molecule has 90 valence electrons. The number of aliphatic hydroxyl groups excluding tert-OH is 1. The number of thiazole rings is 1. The standard InChI is InChI=1S/C10H17N3O2S/c1-5(12-4-8(14)10(11)15)9-6(2)13-7(3)16-9/h5,8,12,14H,4H2,1-3H3,(H2,11,15). The molecule has 0 bridgehead atoms. The second-order valence-corrected chi connectivity index (χ2v) is 4.97. The topological polar surface area (TPSA) is 88.2 Å². The number of aryl methyl sites for hydroxylation is 2. The Morgan fingerprint density at radius 2 is 2.25 bits per heavy atom. The van der Waals surface area contributed by atoms with Crippen LogP contribution in [0.4, 0.5) is 0 Å². The van der Waals surface area contributed by atoms with Gasteiger partial charge in [0.1, 0.15) is 6.10 Å². The highest BCUT2D eigenvalue weighted by Gasteiger charge is 2.16. The molecule has 5 nitrogen and oxygen atoms in total. The van der Waals surface area contributed by atoms with Crippen molar-refractivity contribution >= 4 is 17.2 Å². The number of amides is 1. The van der Waals surface area contributed by atoms with E-state index in [-0.39, 0.29) is 12.6 Å². The first kappa shape index (κ1) is 13.1. The average Bonchev–Trinajstić information content (AvgIpc) is 2.53. The van der Waals surface area contributed by atoms with E-state index in [1.165, 1.54) is 0 Å². The van der Waals surface area contributed by atoms with Crippen molar-refractivity contribution in [2.24, 2.45) is 5.73 Å². The van der Waals surface area contributed by atoms with Crippen LogP contribution in [0, 0.1) is 13.8 Å². The molecule has 1 aromatic heterocycles. The first-order chi connectivity index (χ1) is 7.41. The third-order valence-corrected chi connectivity index (χ3v) is 3.53. The van der Waals surface area contributed by atoms with E-state index in [2.05, 4.69) is 10.3 Å². The molecule has 1 rings (SSSR count). The normalized spacial score (nSPS) is 14.8. The molecule has 6 heteroatoms. The Kier molecular flexibility index (Phi) is 4.40. The van der Waals surface area contributed by atoms with Crippen molar-refractivity contribution in [3.63, 3.8) is 0 Å². The molecule has 0 fully saturated rings. The van der Waals surface area contributed by atoms with Gasteiger partial charge in [0, 0.05) is 17.5 Å². The van der Waals surface area contributed by atoms with Crippen LogP contribution in [-0.2, 0) is 4.79 Å². The summed E-state index contributed by atoms with van der Waals surface area (Å²) in [4.78, 5) is 16.1. The molecule has 0 saturated carbocycles. The lowest BCUT2D eigenvalue weighted by atomic mass is 10.2. The van der Waals surface area contributed by atoms with Gasteiger partial charge in [-0.1, -0.05) is 0 Å². The number of nitrogens with one attached hydrogen (secondary N) is 1.